The molecule has 0 unspecified atom stereocenters. The fourth-order valence-electron chi connectivity index (χ4n) is 2.12. The first kappa shape index (κ1) is 9.94. The second-order valence-corrected chi connectivity index (χ2v) is 4.96. The molecule has 2 fully saturated rings. The van der Waals surface area contributed by atoms with Crippen LogP contribution in [0.2, 0.25) is 0 Å². The molecule has 3 nitrogen and oxygen atoms in total. The molecule has 3 heteroatoms. The molecular formula is C13H19N3. The molecule has 0 saturated heterocycles. The molecule has 0 amide bonds. The molecule has 0 atom stereocenters. The van der Waals surface area contributed by atoms with E-state index >= 15 is 0 Å². The van der Waals surface area contributed by atoms with Crippen LogP contribution in [0.25, 0.3) is 0 Å². The van der Waals surface area contributed by atoms with Crippen molar-refractivity contribution in [2.45, 2.75) is 31.7 Å². The van der Waals surface area contributed by atoms with E-state index in [4.69, 9.17) is 0 Å². The summed E-state index contributed by atoms with van der Waals surface area (Å²) in [6, 6.07) is 7.02. The van der Waals surface area contributed by atoms with Gasteiger partial charge in [0.1, 0.15) is 11.6 Å². The highest BCUT2D eigenvalue weighted by atomic mass is 15.2. The zero-order chi connectivity index (χ0) is 11.0. The number of nitrogens with zero attached hydrogens (tertiary/aromatic N) is 2. The van der Waals surface area contributed by atoms with E-state index in [1.165, 1.54) is 32.2 Å². The van der Waals surface area contributed by atoms with E-state index in [-0.39, 0.29) is 0 Å². The number of hydrogen-bond donors (Lipinski definition) is 1. The number of rotatable bonds is 5. The summed E-state index contributed by atoms with van der Waals surface area (Å²) in [5.74, 6) is 3.06. The minimum atomic E-state index is 0.764. The zero-order valence-corrected chi connectivity index (χ0v) is 9.82. The summed E-state index contributed by atoms with van der Waals surface area (Å²) in [4.78, 5) is 7.16. The fraction of sp³-hybridized carbons (Fsp3) is 0.615. The van der Waals surface area contributed by atoms with Gasteiger partial charge in [-0.25, -0.2) is 4.98 Å². The first-order chi connectivity index (χ1) is 7.86. The molecule has 0 bridgehead atoms. The van der Waals surface area contributed by atoms with Crippen molar-refractivity contribution in [1.82, 2.24) is 4.98 Å². The van der Waals surface area contributed by atoms with Crippen molar-refractivity contribution < 1.29 is 0 Å². The number of hydrogen-bond acceptors (Lipinski definition) is 3. The highest BCUT2D eigenvalue weighted by Crippen LogP contribution is 2.37. The van der Waals surface area contributed by atoms with E-state index < -0.39 is 0 Å². The third kappa shape index (κ3) is 2.13. The van der Waals surface area contributed by atoms with Crippen LogP contribution in [0.5, 0.6) is 0 Å². The van der Waals surface area contributed by atoms with Crippen molar-refractivity contribution in [2.75, 3.05) is 23.8 Å². The minimum absolute atomic E-state index is 0.764. The van der Waals surface area contributed by atoms with Gasteiger partial charge in [-0.1, -0.05) is 6.07 Å². The first-order valence-corrected chi connectivity index (χ1v) is 6.28. The molecule has 0 aliphatic heterocycles. The van der Waals surface area contributed by atoms with Gasteiger partial charge in [-0.3, -0.25) is 0 Å². The molecule has 86 valence electrons. The van der Waals surface area contributed by atoms with Crippen molar-refractivity contribution in [1.29, 1.82) is 0 Å². The summed E-state index contributed by atoms with van der Waals surface area (Å²) in [6.45, 7) is 1.21. The van der Waals surface area contributed by atoms with Crippen LogP contribution < -0.4 is 10.2 Å². The molecule has 0 radical (unpaired) electrons. The Morgan fingerprint density at radius 1 is 1.31 bits per heavy atom. The molecule has 0 aromatic carbocycles. The Kier molecular flexibility index (Phi) is 2.46. The lowest BCUT2D eigenvalue weighted by Crippen LogP contribution is -2.28. The van der Waals surface area contributed by atoms with Crippen LogP contribution in [0.4, 0.5) is 11.6 Å². The molecular weight excluding hydrogens is 198 g/mol. The van der Waals surface area contributed by atoms with Crippen LogP contribution in [0, 0.1) is 5.92 Å². The topological polar surface area (TPSA) is 28.2 Å². The van der Waals surface area contributed by atoms with Gasteiger partial charge in [-0.15, -0.1) is 0 Å². The average molecular weight is 217 g/mol. The lowest BCUT2D eigenvalue weighted by Gasteiger charge is -2.23. The molecule has 3 rings (SSSR count). The van der Waals surface area contributed by atoms with Crippen molar-refractivity contribution in [3.05, 3.63) is 18.2 Å². The summed E-state index contributed by atoms with van der Waals surface area (Å²) in [5, 5.41) is 3.11. The van der Waals surface area contributed by atoms with Crippen LogP contribution in [0.1, 0.15) is 25.7 Å². The maximum absolute atomic E-state index is 4.65. The molecule has 2 saturated carbocycles. The average Bonchev–Trinajstić information content (AvgIpc) is 3.16. The molecule has 1 aromatic rings. The van der Waals surface area contributed by atoms with E-state index in [0.29, 0.717) is 0 Å². The van der Waals surface area contributed by atoms with Crippen LogP contribution in [-0.4, -0.2) is 24.6 Å². The number of aromatic nitrogens is 1. The van der Waals surface area contributed by atoms with Crippen LogP contribution >= 0.6 is 0 Å². The Balaban J connectivity index is 1.79. The highest BCUT2D eigenvalue weighted by Gasteiger charge is 2.34. The van der Waals surface area contributed by atoms with Gasteiger partial charge in [0.05, 0.1) is 0 Å². The highest BCUT2D eigenvalue weighted by molar-refractivity contribution is 5.48. The molecule has 0 spiro atoms. The lowest BCUT2D eigenvalue weighted by molar-refractivity contribution is 0.709. The van der Waals surface area contributed by atoms with Gasteiger partial charge in [0.2, 0.25) is 0 Å². The Bertz CT molecular complexity index is 369. The minimum Gasteiger partial charge on any atom is -0.373 e. The summed E-state index contributed by atoms with van der Waals surface area (Å²) in [6.07, 6.45) is 5.51. The first-order valence-electron chi connectivity index (χ1n) is 6.28. The van der Waals surface area contributed by atoms with Gasteiger partial charge in [0.15, 0.2) is 0 Å². The van der Waals surface area contributed by atoms with Crippen LogP contribution in [0.15, 0.2) is 18.2 Å². The standard InChI is InChI=1S/C13H19N3/c1-14-12-3-2-4-13(15-12)16(11-7-8-11)9-10-5-6-10/h2-4,10-11H,5-9H2,1H3,(H,14,15). The van der Waals surface area contributed by atoms with Crippen molar-refractivity contribution in [3.63, 3.8) is 0 Å². The number of anilines is 2. The van der Waals surface area contributed by atoms with E-state index in [9.17, 15) is 0 Å². The second kappa shape index (κ2) is 3.96. The van der Waals surface area contributed by atoms with E-state index in [0.717, 1.165) is 23.6 Å². The van der Waals surface area contributed by atoms with Gasteiger partial charge < -0.3 is 10.2 Å². The summed E-state index contributed by atoms with van der Waals surface area (Å²) < 4.78 is 0. The van der Waals surface area contributed by atoms with Gasteiger partial charge in [-0.2, -0.15) is 0 Å². The fourth-order valence-corrected chi connectivity index (χ4v) is 2.12. The Morgan fingerprint density at radius 2 is 2.12 bits per heavy atom. The van der Waals surface area contributed by atoms with Crippen LogP contribution in [-0.2, 0) is 0 Å². The lowest BCUT2D eigenvalue weighted by atomic mass is 10.3. The largest absolute Gasteiger partial charge is 0.373 e. The van der Waals surface area contributed by atoms with Gasteiger partial charge in [0.25, 0.3) is 0 Å². The number of nitrogens with one attached hydrogen (secondary N) is 1. The van der Waals surface area contributed by atoms with Crippen molar-refractivity contribution >= 4 is 11.6 Å². The maximum Gasteiger partial charge on any atom is 0.131 e. The van der Waals surface area contributed by atoms with E-state index in [1.807, 2.05) is 13.1 Å². The Hall–Kier alpha value is -1.25. The second-order valence-electron chi connectivity index (χ2n) is 4.96. The van der Waals surface area contributed by atoms with E-state index in [1.54, 1.807) is 0 Å². The van der Waals surface area contributed by atoms with Gasteiger partial charge in [0, 0.05) is 19.6 Å². The molecule has 2 aliphatic carbocycles. The summed E-state index contributed by atoms with van der Waals surface area (Å²) in [5.41, 5.74) is 0. The molecule has 1 N–H and O–H groups in total. The quantitative estimate of drug-likeness (QED) is 0.821. The Morgan fingerprint density at radius 3 is 2.75 bits per heavy atom. The molecule has 2 aliphatic rings. The number of pyridine rings is 1. The predicted molar refractivity (Wildman–Crippen MR) is 66.9 cm³/mol. The predicted octanol–water partition coefficient (Wildman–Crippen LogP) is 2.50. The third-order valence-electron chi connectivity index (χ3n) is 3.42. The summed E-state index contributed by atoms with van der Waals surface area (Å²) >= 11 is 0. The smallest absolute Gasteiger partial charge is 0.131 e. The molecule has 1 aromatic heterocycles. The van der Waals surface area contributed by atoms with Crippen molar-refractivity contribution in [3.8, 4) is 0 Å². The molecule has 1 heterocycles. The van der Waals surface area contributed by atoms with E-state index in [2.05, 4.69) is 27.3 Å². The maximum atomic E-state index is 4.65. The van der Waals surface area contributed by atoms with Crippen molar-refractivity contribution in [2.24, 2.45) is 5.92 Å². The zero-order valence-electron chi connectivity index (χ0n) is 9.82. The monoisotopic (exact) mass is 217 g/mol. The summed E-state index contributed by atoms with van der Waals surface area (Å²) in [7, 11) is 1.93. The van der Waals surface area contributed by atoms with Gasteiger partial charge >= 0.3 is 0 Å². The third-order valence-corrected chi connectivity index (χ3v) is 3.42. The van der Waals surface area contributed by atoms with Gasteiger partial charge in [-0.05, 0) is 43.7 Å². The Labute approximate surface area is 96.9 Å². The molecule has 16 heavy (non-hydrogen) atoms. The normalized spacial score (nSPS) is 19.6. The SMILES string of the molecule is CNc1cccc(N(CC2CC2)C2CC2)n1. The van der Waals surface area contributed by atoms with Crippen LogP contribution in [0.3, 0.4) is 0 Å².